The standard InChI is InChI=1S/C14H22N2O2/c1-18-12-6-4-5-11(13(12)15)16-9-14(10-17)7-2-3-8-14/h4-6,16-17H,2-3,7-10,15H2,1H3. The van der Waals surface area contributed by atoms with Gasteiger partial charge >= 0.3 is 0 Å². The van der Waals surface area contributed by atoms with Crippen LogP contribution in [0.2, 0.25) is 0 Å². The summed E-state index contributed by atoms with van der Waals surface area (Å²) in [6.45, 7) is 1.00. The fourth-order valence-corrected chi connectivity index (χ4v) is 2.67. The lowest BCUT2D eigenvalue weighted by molar-refractivity contribution is 0.142. The van der Waals surface area contributed by atoms with Gasteiger partial charge in [-0.2, -0.15) is 0 Å². The van der Waals surface area contributed by atoms with E-state index in [1.165, 1.54) is 12.8 Å². The molecule has 1 aromatic carbocycles. The third kappa shape index (κ3) is 2.53. The Morgan fingerprint density at radius 2 is 2.11 bits per heavy atom. The molecule has 4 nitrogen and oxygen atoms in total. The predicted molar refractivity (Wildman–Crippen MR) is 73.9 cm³/mol. The zero-order chi connectivity index (χ0) is 13.0. The van der Waals surface area contributed by atoms with E-state index in [1.54, 1.807) is 7.11 Å². The molecule has 0 aromatic heterocycles. The molecular formula is C14H22N2O2. The highest BCUT2D eigenvalue weighted by Gasteiger charge is 2.33. The molecule has 0 atom stereocenters. The van der Waals surface area contributed by atoms with Crippen molar-refractivity contribution in [1.29, 1.82) is 0 Å². The van der Waals surface area contributed by atoms with Crippen LogP contribution in [0.4, 0.5) is 11.4 Å². The van der Waals surface area contributed by atoms with Crippen molar-refractivity contribution >= 4 is 11.4 Å². The van der Waals surface area contributed by atoms with Crippen LogP contribution in [-0.4, -0.2) is 25.4 Å². The van der Waals surface area contributed by atoms with E-state index in [4.69, 9.17) is 10.5 Å². The predicted octanol–water partition coefficient (Wildman–Crippen LogP) is 2.24. The van der Waals surface area contributed by atoms with Crippen LogP contribution in [0.1, 0.15) is 25.7 Å². The first-order chi connectivity index (χ1) is 8.71. The highest BCUT2D eigenvalue weighted by atomic mass is 16.5. The number of methoxy groups -OCH3 is 1. The molecule has 1 aliphatic rings. The maximum absolute atomic E-state index is 9.57. The number of nitrogens with two attached hydrogens (primary N) is 1. The topological polar surface area (TPSA) is 67.5 Å². The summed E-state index contributed by atoms with van der Waals surface area (Å²) in [5, 5.41) is 12.9. The minimum Gasteiger partial charge on any atom is -0.495 e. The van der Waals surface area contributed by atoms with Gasteiger partial charge in [0.15, 0.2) is 0 Å². The largest absolute Gasteiger partial charge is 0.495 e. The lowest BCUT2D eigenvalue weighted by Crippen LogP contribution is -2.30. The maximum atomic E-state index is 9.57. The summed E-state index contributed by atoms with van der Waals surface area (Å²) in [6.07, 6.45) is 4.58. The first-order valence-electron chi connectivity index (χ1n) is 6.48. The second-order valence-corrected chi connectivity index (χ2v) is 5.14. The van der Waals surface area contributed by atoms with Crippen molar-refractivity contribution < 1.29 is 9.84 Å². The van der Waals surface area contributed by atoms with Crippen molar-refractivity contribution in [2.75, 3.05) is 31.3 Å². The molecule has 1 aliphatic carbocycles. The molecule has 0 saturated heterocycles. The van der Waals surface area contributed by atoms with E-state index in [9.17, 15) is 5.11 Å². The molecule has 1 saturated carbocycles. The Labute approximate surface area is 108 Å². The summed E-state index contributed by atoms with van der Waals surface area (Å²) in [5.74, 6) is 0.685. The first-order valence-corrected chi connectivity index (χ1v) is 6.48. The number of hydrogen-bond acceptors (Lipinski definition) is 4. The van der Waals surface area contributed by atoms with Crippen LogP contribution in [0, 0.1) is 5.41 Å². The van der Waals surface area contributed by atoms with Crippen LogP contribution < -0.4 is 15.8 Å². The Bertz CT molecular complexity index is 401. The normalized spacial score (nSPS) is 17.7. The van der Waals surface area contributed by atoms with Crippen LogP contribution in [0.15, 0.2) is 18.2 Å². The molecule has 1 aromatic rings. The Kier molecular flexibility index (Phi) is 3.97. The van der Waals surface area contributed by atoms with Gasteiger partial charge in [0.1, 0.15) is 5.75 Å². The van der Waals surface area contributed by atoms with Gasteiger partial charge in [0.05, 0.1) is 25.1 Å². The highest BCUT2D eigenvalue weighted by molar-refractivity contribution is 5.72. The summed E-state index contributed by atoms with van der Waals surface area (Å²) in [5.41, 5.74) is 7.55. The number of para-hydroxylation sites is 1. The molecule has 0 aliphatic heterocycles. The summed E-state index contributed by atoms with van der Waals surface area (Å²) < 4.78 is 5.19. The Hall–Kier alpha value is -1.42. The molecule has 18 heavy (non-hydrogen) atoms. The van der Waals surface area contributed by atoms with Gasteiger partial charge in [-0.15, -0.1) is 0 Å². The van der Waals surface area contributed by atoms with Gasteiger partial charge in [-0.3, -0.25) is 0 Å². The molecule has 1 fully saturated rings. The molecule has 2 rings (SSSR count). The van der Waals surface area contributed by atoms with Crippen molar-refractivity contribution in [2.24, 2.45) is 5.41 Å². The highest BCUT2D eigenvalue weighted by Crippen LogP contribution is 2.38. The fraction of sp³-hybridized carbons (Fsp3) is 0.571. The molecule has 0 heterocycles. The summed E-state index contributed by atoms with van der Waals surface area (Å²) in [4.78, 5) is 0. The minimum atomic E-state index is 0.0233. The van der Waals surface area contributed by atoms with Gasteiger partial charge in [0.2, 0.25) is 0 Å². The minimum absolute atomic E-state index is 0.0233. The monoisotopic (exact) mass is 250 g/mol. The lowest BCUT2D eigenvalue weighted by Gasteiger charge is -2.27. The average Bonchev–Trinajstić information content (AvgIpc) is 2.87. The third-order valence-corrected chi connectivity index (χ3v) is 3.94. The van der Waals surface area contributed by atoms with E-state index < -0.39 is 0 Å². The van der Waals surface area contributed by atoms with E-state index >= 15 is 0 Å². The van der Waals surface area contributed by atoms with E-state index in [-0.39, 0.29) is 12.0 Å². The molecule has 0 bridgehead atoms. The van der Waals surface area contributed by atoms with E-state index in [0.29, 0.717) is 11.4 Å². The average molecular weight is 250 g/mol. The summed E-state index contributed by atoms with van der Waals surface area (Å²) in [7, 11) is 1.61. The molecule has 0 unspecified atom stereocenters. The maximum Gasteiger partial charge on any atom is 0.143 e. The van der Waals surface area contributed by atoms with Crippen LogP contribution in [-0.2, 0) is 0 Å². The van der Waals surface area contributed by atoms with Gasteiger partial charge in [-0.1, -0.05) is 18.9 Å². The van der Waals surface area contributed by atoms with Gasteiger partial charge in [-0.05, 0) is 25.0 Å². The number of benzene rings is 1. The number of nitrogens with one attached hydrogen (secondary N) is 1. The number of nitrogen functional groups attached to an aromatic ring is 1. The molecule has 4 N–H and O–H groups in total. The zero-order valence-corrected chi connectivity index (χ0v) is 10.9. The fourth-order valence-electron chi connectivity index (χ4n) is 2.67. The van der Waals surface area contributed by atoms with E-state index in [1.807, 2.05) is 18.2 Å². The van der Waals surface area contributed by atoms with Crippen LogP contribution in [0.25, 0.3) is 0 Å². The lowest BCUT2D eigenvalue weighted by atomic mass is 9.87. The van der Waals surface area contributed by atoms with Gasteiger partial charge in [0, 0.05) is 12.0 Å². The van der Waals surface area contributed by atoms with E-state index in [0.717, 1.165) is 25.1 Å². The van der Waals surface area contributed by atoms with Crippen molar-refractivity contribution in [2.45, 2.75) is 25.7 Å². The quantitative estimate of drug-likeness (QED) is 0.701. The Morgan fingerprint density at radius 1 is 1.39 bits per heavy atom. The Morgan fingerprint density at radius 3 is 2.72 bits per heavy atom. The van der Waals surface area contributed by atoms with Gasteiger partial charge in [-0.25, -0.2) is 0 Å². The van der Waals surface area contributed by atoms with E-state index in [2.05, 4.69) is 5.32 Å². The third-order valence-electron chi connectivity index (χ3n) is 3.94. The number of aliphatic hydroxyl groups is 1. The molecular weight excluding hydrogens is 228 g/mol. The molecule has 4 heteroatoms. The first kappa shape index (κ1) is 13.0. The number of anilines is 2. The molecule has 0 radical (unpaired) electrons. The van der Waals surface area contributed by atoms with Crippen molar-refractivity contribution in [1.82, 2.24) is 0 Å². The summed E-state index contributed by atoms with van der Waals surface area (Å²) >= 11 is 0. The van der Waals surface area contributed by atoms with Crippen LogP contribution in [0.3, 0.4) is 0 Å². The molecule has 0 spiro atoms. The van der Waals surface area contributed by atoms with Gasteiger partial charge < -0.3 is 20.9 Å². The SMILES string of the molecule is COc1cccc(NCC2(CO)CCCC2)c1N. The number of rotatable bonds is 5. The smallest absolute Gasteiger partial charge is 0.143 e. The Balaban J connectivity index is 2.05. The van der Waals surface area contributed by atoms with Gasteiger partial charge in [0.25, 0.3) is 0 Å². The molecule has 100 valence electrons. The van der Waals surface area contributed by atoms with Crippen LogP contribution >= 0.6 is 0 Å². The number of aliphatic hydroxyl groups excluding tert-OH is 1. The second kappa shape index (κ2) is 5.48. The van der Waals surface area contributed by atoms with Crippen molar-refractivity contribution in [3.63, 3.8) is 0 Å². The second-order valence-electron chi connectivity index (χ2n) is 5.14. The van der Waals surface area contributed by atoms with Crippen molar-refractivity contribution in [3.05, 3.63) is 18.2 Å². The number of hydrogen-bond donors (Lipinski definition) is 3. The summed E-state index contributed by atoms with van der Waals surface area (Å²) in [6, 6.07) is 5.70. The van der Waals surface area contributed by atoms with Crippen LogP contribution in [0.5, 0.6) is 5.75 Å². The molecule has 0 amide bonds. The number of ether oxygens (including phenoxy) is 1. The zero-order valence-electron chi connectivity index (χ0n) is 10.9. The van der Waals surface area contributed by atoms with Crippen molar-refractivity contribution in [3.8, 4) is 5.75 Å².